The second-order valence-electron chi connectivity index (χ2n) is 2.04. The SMILES string of the molecule is COC(=O)c1cnc(CSC)s1. The molecule has 0 aliphatic rings. The van der Waals surface area contributed by atoms with Crippen molar-refractivity contribution >= 4 is 29.1 Å². The Labute approximate surface area is 79.1 Å². The molecule has 5 heteroatoms. The van der Waals surface area contributed by atoms with Crippen molar-refractivity contribution in [1.29, 1.82) is 0 Å². The molecular formula is C7H9NO2S2. The Hall–Kier alpha value is -0.550. The first-order valence-electron chi connectivity index (χ1n) is 3.30. The van der Waals surface area contributed by atoms with E-state index in [2.05, 4.69) is 9.72 Å². The molecule has 0 radical (unpaired) electrons. The van der Waals surface area contributed by atoms with Gasteiger partial charge in [0.2, 0.25) is 0 Å². The molecular weight excluding hydrogens is 194 g/mol. The molecule has 0 fully saturated rings. The molecule has 1 heterocycles. The number of rotatable bonds is 3. The molecule has 66 valence electrons. The number of hydrogen-bond acceptors (Lipinski definition) is 5. The third kappa shape index (κ3) is 2.22. The zero-order valence-electron chi connectivity index (χ0n) is 6.86. The largest absolute Gasteiger partial charge is 0.465 e. The lowest BCUT2D eigenvalue weighted by atomic mass is 10.6. The molecule has 0 aliphatic heterocycles. The molecule has 0 N–H and O–H groups in total. The highest BCUT2D eigenvalue weighted by Gasteiger charge is 2.09. The van der Waals surface area contributed by atoms with Gasteiger partial charge in [0.05, 0.1) is 13.3 Å². The highest BCUT2D eigenvalue weighted by atomic mass is 32.2. The molecule has 0 saturated carbocycles. The number of thiazole rings is 1. The number of thioether (sulfide) groups is 1. The molecule has 1 rings (SSSR count). The molecule has 12 heavy (non-hydrogen) atoms. The fraction of sp³-hybridized carbons (Fsp3) is 0.429. The Morgan fingerprint density at radius 3 is 3.17 bits per heavy atom. The van der Waals surface area contributed by atoms with Crippen LogP contribution in [-0.4, -0.2) is 24.3 Å². The summed E-state index contributed by atoms with van der Waals surface area (Å²) in [6, 6.07) is 0. The van der Waals surface area contributed by atoms with Crippen LogP contribution < -0.4 is 0 Å². The number of aromatic nitrogens is 1. The lowest BCUT2D eigenvalue weighted by molar-refractivity contribution is 0.0606. The standard InChI is InChI=1S/C7H9NO2S2/c1-10-7(9)5-3-8-6(12-5)4-11-2/h3H,4H2,1-2H3. The van der Waals surface area contributed by atoms with Crippen LogP contribution in [0.2, 0.25) is 0 Å². The average molecular weight is 203 g/mol. The number of ether oxygens (including phenoxy) is 1. The Morgan fingerprint density at radius 2 is 2.58 bits per heavy atom. The molecule has 0 aliphatic carbocycles. The van der Waals surface area contributed by atoms with Gasteiger partial charge in [0.15, 0.2) is 0 Å². The average Bonchev–Trinajstić information content (AvgIpc) is 2.52. The number of methoxy groups -OCH3 is 1. The first kappa shape index (κ1) is 9.54. The number of nitrogens with zero attached hydrogens (tertiary/aromatic N) is 1. The minimum absolute atomic E-state index is 0.306. The summed E-state index contributed by atoms with van der Waals surface area (Å²) in [4.78, 5) is 15.6. The maximum Gasteiger partial charge on any atom is 0.349 e. The van der Waals surface area contributed by atoms with Crippen LogP contribution in [0.3, 0.4) is 0 Å². The zero-order chi connectivity index (χ0) is 8.97. The van der Waals surface area contributed by atoms with E-state index in [-0.39, 0.29) is 5.97 Å². The summed E-state index contributed by atoms with van der Waals surface area (Å²) in [5, 5.41) is 0.961. The number of carbonyl (C=O) groups excluding carboxylic acids is 1. The van der Waals surface area contributed by atoms with Gasteiger partial charge in [-0.25, -0.2) is 9.78 Å². The van der Waals surface area contributed by atoms with Crippen LogP contribution in [0.25, 0.3) is 0 Å². The van der Waals surface area contributed by atoms with E-state index in [1.807, 2.05) is 6.26 Å². The van der Waals surface area contributed by atoms with E-state index in [4.69, 9.17) is 0 Å². The van der Waals surface area contributed by atoms with Crippen LogP contribution in [0.4, 0.5) is 0 Å². The molecule has 0 bridgehead atoms. The van der Waals surface area contributed by atoms with Gasteiger partial charge in [0.1, 0.15) is 9.88 Å². The van der Waals surface area contributed by atoms with E-state index in [9.17, 15) is 4.79 Å². The van der Waals surface area contributed by atoms with Gasteiger partial charge >= 0.3 is 5.97 Å². The summed E-state index contributed by atoms with van der Waals surface area (Å²) >= 11 is 3.07. The zero-order valence-corrected chi connectivity index (χ0v) is 8.50. The number of carbonyl (C=O) groups is 1. The van der Waals surface area contributed by atoms with Crippen molar-refractivity contribution in [1.82, 2.24) is 4.98 Å². The van der Waals surface area contributed by atoms with Crippen molar-refractivity contribution in [2.24, 2.45) is 0 Å². The predicted octanol–water partition coefficient (Wildman–Crippen LogP) is 1.79. The smallest absolute Gasteiger partial charge is 0.349 e. The van der Waals surface area contributed by atoms with Crippen molar-refractivity contribution in [2.45, 2.75) is 5.75 Å². The van der Waals surface area contributed by atoms with Gasteiger partial charge in [-0.1, -0.05) is 0 Å². The summed E-state index contributed by atoms with van der Waals surface area (Å²) in [6.07, 6.45) is 3.56. The first-order valence-corrected chi connectivity index (χ1v) is 5.51. The van der Waals surface area contributed by atoms with Crippen LogP contribution >= 0.6 is 23.1 Å². The molecule has 0 spiro atoms. The van der Waals surface area contributed by atoms with Gasteiger partial charge in [-0.15, -0.1) is 11.3 Å². The minimum Gasteiger partial charge on any atom is -0.465 e. The van der Waals surface area contributed by atoms with Gasteiger partial charge in [-0.3, -0.25) is 0 Å². The Kier molecular flexibility index (Phi) is 3.55. The summed E-state index contributed by atoms with van der Waals surface area (Å²) in [5.74, 6) is 0.543. The second-order valence-corrected chi connectivity index (χ2v) is 4.02. The molecule has 0 atom stereocenters. The van der Waals surface area contributed by atoms with Crippen LogP contribution in [0.1, 0.15) is 14.7 Å². The first-order chi connectivity index (χ1) is 5.77. The monoisotopic (exact) mass is 203 g/mol. The summed E-state index contributed by atoms with van der Waals surface area (Å²) < 4.78 is 4.55. The maximum absolute atomic E-state index is 11.0. The van der Waals surface area contributed by atoms with Crippen molar-refractivity contribution in [2.75, 3.05) is 13.4 Å². The van der Waals surface area contributed by atoms with Crippen molar-refractivity contribution < 1.29 is 9.53 Å². The van der Waals surface area contributed by atoms with Crippen LogP contribution in [0, 0.1) is 0 Å². The minimum atomic E-state index is -0.306. The molecule has 1 aromatic heterocycles. The normalized spacial score (nSPS) is 9.83. The highest BCUT2D eigenvalue weighted by Crippen LogP contribution is 2.17. The molecule has 0 unspecified atom stereocenters. The summed E-state index contributed by atoms with van der Waals surface area (Å²) in [6.45, 7) is 0. The van der Waals surface area contributed by atoms with E-state index < -0.39 is 0 Å². The third-order valence-electron chi connectivity index (χ3n) is 1.21. The van der Waals surface area contributed by atoms with Crippen molar-refractivity contribution in [3.05, 3.63) is 16.1 Å². The highest BCUT2D eigenvalue weighted by molar-refractivity contribution is 7.97. The quantitative estimate of drug-likeness (QED) is 0.702. The lowest BCUT2D eigenvalue weighted by Crippen LogP contribution is -1.96. The molecule has 1 aromatic rings. The van der Waals surface area contributed by atoms with Crippen LogP contribution in [-0.2, 0) is 10.5 Å². The molecule has 0 amide bonds. The van der Waals surface area contributed by atoms with Gasteiger partial charge in [0.25, 0.3) is 0 Å². The van der Waals surface area contributed by atoms with E-state index in [1.165, 1.54) is 18.4 Å². The van der Waals surface area contributed by atoms with Gasteiger partial charge in [0, 0.05) is 5.75 Å². The Bertz CT molecular complexity index is 272. The maximum atomic E-state index is 11.0. The molecule has 0 saturated heterocycles. The van der Waals surface area contributed by atoms with E-state index in [0.717, 1.165) is 10.8 Å². The van der Waals surface area contributed by atoms with E-state index in [1.54, 1.807) is 18.0 Å². The fourth-order valence-corrected chi connectivity index (χ4v) is 2.24. The lowest BCUT2D eigenvalue weighted by Gasteiger charge is -1.90. The number of hydrogen-bond donors (Lipinski definition) is 0. The molecule has 0 aromatic carbocycles. The van der Waals surface area contributed by atoms with Gasteiger partial charge in [-0.05, 0) is 6.26 Å². The van der Waals surface area contributed by atoms with E-state index in [0.29, 0.717) is 4.88 Å². The topological polar surface area (TPSA) is 39.2 Å². The Morgan fingerprint density at radius 1 is 1.83 bits per heavy atom. The van der Waals surface area contributed by atoms with Gasteiger partial charge < -0.3 is 4.74 Å². The third-order valence-corrected chi connectivity index (χ3v) is 2.93. The molecule has 3 nitrogen and oxygen atoms in total. The van der Waals surface area contributed by atoms with Crippen LogP contribution in [0.5, 0.6) is 0 Å². The van der Waals surface area contributed by atoms with Crippen molar-refractivity contribution in [3.63, 3.8) is 0 Å². The fourth-order valence-electron chi connectivity index (χ4n) is 0.695. The van der Waals surface area contributed by atoms with Crippen molar-refractivity contribution in [3.8, 4) is 0 Å². The van der Waals surface area contributed by atoms with Crippen LogP contribution in [0.15, 0.2) is 6.20 Å². The van der Waals surface area contributed by atoms with E-state index >= 15 is 0 Å². The number of esters is 1. The Balaban J connectivity index is 2.70. The summed E-state index contributed by atoms with van der Waals surface area (Å²) in [7, 11) is 1.37. The second kappa shape index (κ2) is 4.47. The summed E-state index contributed by atoms with van der Waals surface area (Å²) in [5.41, 5.74) is 0. The van der Waals surface area contributed by atoms with Gasteiger partial charge in [-0.2, -0.15) is 11.8 Å². The predicted molar refractivity (Wildman–Crippen MR) is 50.7 cm³/mol.